The van der Waals surface area contributed by atoms with E-state index in [-0.39, 0.29) is 13.2 Å². The number of aliphatic hydroxyl groups excluding tert-OH is 2. The largest absolute Gasteiger partial charge is 0.395 e. The quantitative estimate of drug-likeness (QED) is 0.772. The number of benzene rings is 1. The fraction of sp³-hybridized carbons (Fsp3) is 0.550. The molecule has 1 fully saturated rings. The number of aliphatic hydroxyl groups is 2. The number of hydrogen-bond acceptors (Lipinski definition) is 6. The maximum Gasteiger partial charge on any atom is 0.133 e. The molecular formula is C20H30N4O2. The minimum absolute atomic E-state index is 0.159. The number of nitrogens with zero attached hydrogens (tertiary/aromatic N) is 4. The molecule has 0 bridgehead atoms. The molecule has 1 aromatic carbocycles. The summed E-state index contributed by atoms with van der Waals surface area (Å²) in [5.74, 6) is 1.05. The summed E-state index contributed by atoms with van der Waals surface area (Å²) in [6.45, 7) is 8.35. The molecule has 1 aliphatic rings. The van der Waals surface area contributed by atoms with E-state index in [1.807, 2.05) is 7.05 Å². The van der Waals surface area contributed by atoms with E-state index in [4.69, 9.17) is 10.1 Å². The number of anilines is 1. The van der Waals surface area contributed by atoms with Gasteiger partial charge in [-0.1, -0.05) is 12.1 Å². The van der Waals surface area contributed by atoms with Crippen LogP contribution in [0.25, 0.3) is 10.9 Å². The Balaban J connectivity index is 1.90. The van der Waals surface area contributed by atoms with Crippen LogP contribution >= 0.6 is 0 Å². The SMILES string of the molecule is Cc1ccc2cc(CN(C)CCO)c(N3CCN(CCO)CC3)nc2c1. The Morgan fingerprint density at radius 3 is 2.54 bits per heavy atom. The molecule has 1 saturated heterocycles. The Labute approximate surface area is 155 Å². The van der Waals surface area contributed by atoms with Crippen molar-refractivity contribution in [1.82, 2.24) is 14.8 Å². The normalized spacial score (nSPS) is 16.0. The van der Waals surface area contributed by atoms with E-state index in [1.54, 1.807) is 0 Å². The monoisotopic (exact) mass is 358 g/mol. The van der Waals surface area contributed by atoms with Crippen LogP contribution in [0, 0.1) is 6.92 Å². The van der Waals surface area contributed by atoms with Crippen LogP contribution in [-0.4, -0.2) is 84.5 Å². The molecule has 26 heavy (non-hydrogen) atoms. The van der Waals surface area contributed by atoms with E-state index >= 15 is 0 Å². The van der Waals surface area contributed by atoms with Crippen molar-refractivity contribution >= 4 is 16.7 Å². The molecule has 3 rings (SSSR count). The lowest BCUT2D eigenvalue weighted by Gasteiger charge is -2.36. The summed E-state index contributed by atoms with van der Waals surface area (Å²) in [7, 11) is 2.03. The molecule has 1 aliphatic heterocycles. The summed E-state index contributed by atoms with van der Waals surface area (Å²) in [6, 6.07) is 8.64. The number of likely N-dealkylation sites (N-methyl/N-ethyl adjacent to an activating group) is 1. The van der Waals surface area contributed by atoms with E-state index < -0.39 is 0 Å². The van der Waals surface area contributed by atoms with Gasteiger partial charge in [0.25, 0.3) is 0 Å². The van der Waals surface area contributed by atoms with Crippen LogP contribution in [-0.2, 0) is 6.54 Å². The molecule has 0 atom stereocenters. The first-order valence-electron chi connectivity index (χ1n) is 9.38. The van der Waals surface area contributed by atoms with Gasteiger partial charge in [0.1, 0.15) is 5.82 Å². The summed E-state index contributed by atoms with van der Waals surface area (Å²) in [6.07, 6.45) is 0. The molecule has 6 heteroatoms. The number of piperazine rings is 1. The molecular weight excluding hydrogens is 328 g/mol. The average molecular weight is 358 g/mol. The number of aryl methyl sites for hydroxylation is 1. The van der Waals surface area contributed by atoms with Gasteiger partial charge < -0.3 is 15.1 Å². The smallest absolute Gasteiger partial charge is 0.133 e. The predicted molar refractivity (Wildman–Crippen MR) is 106 cm³/mol. The van der Waals surface area contributed by atoms with Gasteiger partial charge in [-0.3, -0.25) is 9.80 Å². The average Bonchev–Trinajstić information content (AvgIpc) is 2.62. The fourth-order valence-electron chi connectivity index (χ4n) is 3.57. The third-order valence-corrected chi connectivity index (χ3v) is 5.04. The highest BCUT2D eigenvalue weighted by Crippen LogP contribution is 2.26. The highest BCUT2D eigenvalue weighted by molar-refractivity contribution is 5.82. The standard InChI is InChI=1S/C20H30N4O2/c1-16-3-4-17-14-18(15-22(2)9-11-25)20(21-19(17)13-16)24-7-5-23(6-8-24)10-12-26/h3-4,13-14,25-26H,5-12,15H2,1-2H3. The minimum atomic E-state index is 0.159. The first-order valence-corrected chi connectivity index (χ1v) is 9.38. The van der Waals surface area contributed by atoms with Crippen molar-refractivity contribution in [2.45, 2.75) is 13.5 Å². The Kier molecular flexibility index (Phi) is 6.43. The van der Waals surface area contributed by atoms with Crippen molar-refractivity contribution in [3.8, 4) is 0 Å². The third-order valence-electron chi connectivity index (χ3n) is 5.04. The summed E-state index contributed by atoms with van der Waals surface area (Å²) < 4.78 is 0. The van der Waals surface area contributed by atoms with Gasteiger partial charge in [-0.15, -0.1) is 0 Å². The number of fused-ring (bicyclic) bond motifs is 1. The van der Waals surface area contributed by atoms with Gasteiger partial charge in [-0.2, -0.15) is 0 Å². The van der Waals surface area contributed by atoms with Crippen LogP contribution in [0.3, 0.4) is 0 Å². The van der Waals surface area contributed by atoms with Crippen molar-refractivity contribution in [3.05, 3.63) is 35.4 Å². The van der Waals surface area contributed by atoms with E-state index in [1.165, 1.54) is 11.1 Å². The number of aromatic nitrogens is 1. The highest BCUT2D eigenvalue weighted by atomic mass is 16.3. The summed E-state index contributed by atoms with van der Waals surface area (Å²) >= 11 is 0. The van der Waals surface area contributed by atoms with Crippen LogP contribution in [0.5, 0.6) is 0 Å². The van der Waals surface area contributed by atoms with E-state index in [9.17, 15) is 5.11 Å². The van der Waals surface area contributed by atoms with E-state index in [0.717, 1.165) is 56.0 Å². The molecule has 0 radical (unpaired) electrons. The van der Waals surface area contributed by atoms with Crippen molar-refractivity contribution in [3.63, 3.8) is 0 Å². The van der Waals surface area contributed by atoms with E-state index in [0.29, 0.717) is 6.54 Å². The maximum atomic E-state index is 9.22. The zero-order valence-corrected chi connectivity index (χ0v) is 15.9. The van der Waals surface area contributed by atoms with Gasteiger partial charge in [0, 0.05) is 56.8 Å². The number of rotatable bonds is 7. The van der Waals surface area contributed by atoms with Crippen molar-refractivity contribution < 1.29 is 10.2 Å². The molecule has 0 saturated carbocycles. The molecule has 2 N–H and O–H groups in total. The van der Waals surface area contributed by atoms with Crippen LogP contribution in [0.1, 0.15) is 11.1 Å². The molecule has 2 aromatic rings. The van der Waals surface area contributed by atoms with Crippen LogP contribution in [0.15, 0.2) is 24.3 Å². The topological polar surface area (TPSA) is 63.1 Å². The molecule has 0 aliphatic carbocycles. The lowest BCUT2D eigenvalue weighted by molar-refractivity contribution is 0.188. The molecule has 0 unspecified atom stereocenters. The van der Waals surface area contributed by atoms with E-state index in [2.05, 4.69) is 45.9 Å². The Hall–Kier alpha value is -1.73. The number of β-amino-alcohol motifs (C(OH)–C–C–N with tert-alkyl or cyclic N) is 1. The summed E-state index contributed by atoms with van der Waals surface area (Å²) in [4.78, 5) is 11.8. The van der Waals surface area contributed by atoms with Gasteiger partial charge in [0.2, 0.25) is 0 Å². The Morgan fingerprint density at radius 2 is 1.85 bits per heavy atom. The number of pyridine rings is 1. The zero-order valence-electron chi connectivity index (χ0n) is 15.9. The second kappa shape index (κ2) is 8.77. The highest BCUT2D eigenvalue weighted by Gasteiger charge is 2.21. The minimum Gasteiger partial charge on any atom is -0.395 e. The summed E-state index contributed by atoms with van der Waals surface area (Å²) in [5.41, 5.74) is 3.45. The first kappa shape index (κ1) is 19.0. The van der Waals surface area contributed by atoms with Gasteiger partial charge in [0.05, 0.1) is 18.7 Å². The number of hydrogen-bond donors (Lipinski definition) is 2. The van der Waals surface area contributed by atoms with Gasteiger partial charge in [-0.25, -0.2) is 4.98 Å². The molecule has 0 amide bonds. The molecule has 6 nitrogen and oxygen atoms in total. The Bertz CT molecular complexity index is 729. The zero-order chi connectivity index (χ0) is 18.5. The summed E-state index contributed by atoms with van der Waals surface area (Å²) in [5, 5.41) is 19.5. The van der Waals surface area contributed by atoms with Gasteiger partial charge in [0.15, 0.2) is 0 Å². The lowest BCUT2D eigenvalue weighted by atomic mass is 10.1. The predicted octanol–water partition coefficient (Wildman–Crippen LogP) is 1.08. The maximum absolute atomic E-state index is 9.22. The van der Waals surface area contributed by atoms with Gasteiger partial charge >= 0.3 is 0 Å². The Morgan fingerprint density at radius 1 is 1.08 bits per heavy atom. The lowest BCUT2D eigenvalue weighted by Crippen LogP contribution is -2.47. The molecule has 1 aromatic heterocycles. The van der Waals surface area contributed by atoms with Crippen LogP contribution in [0.4, 0.5) is 5.82 Å². The first-order chi connectivity index (χ1) is 12.6. The van der Waals surface area contributed by atoms with Crippen molar-refractivity contribution in [2.24, 2.45) is 0 Å². The van der Waals surface area contributed by atoms with Crippen molar-refractivity contribution in [1.29, 1.82) is 0 Å². The molecule has 142 valence electrons. The third kappa shape index (κ3) is 4.51. The molecule has 2 heterocycles. The second-order valence-electron chi connectivity index (χ2n) is 7.18. The second-order valence-corrected chi connectivity index (χ2v) is 7.18. The van der Waals surface area contributed by atoms with Crippen LogP contribution < -0.4 is 4.90 Å². The fourth-order valence-corrected chi connectivity index (χ4v) is 3.57. The van der Waals surface area contributed by atoms with Crippen LogP contribution in [0.2, 0.25) is 0 Å². The van der Waals surface area contributed by atoms with Gasteiger partial charge in [-0.05, 0) is 31.7 Å². The van der Waals surface area contributed by atoms with Crippen molar-refractivity contribution in [2.75, 3.05) is 64.4 Å². The molecule has 0 spiro atoms.